The van der Waals surface area contributed by atoms with Gasteiger partial charge >= 0.3 is 6.03 Å². The van der Waals surface area contributed by atoms with Crippen LogP contribution in [0.4, 0.5) is 16.2 Å². The number of amides is 2. The van der Waals surface area contributed by atoms with Crippen LogP contribution < -0.4 is 15.0 Å². The van der Waals surface area contributed by atoms with E-state index in [0.29, 0.717) is 23.0 Å². The van der Waals surface area contributed by atoms with Crippen LogP contribution in [0, 0.1) is 0 Å². The summed E-state index contributed by atoms with van der Waals surface area (Å²) < 4.78 is 5.09. The largest absolute Gasteiger partial charge is 0.495 e. The number of hydrogen-bond donors (Lipinski definition) is 1. The standard InChI is InChI=1S/C16H17ClN2O2/c1-3-19(13-7-5-4-6-8-13)16(20)18-12-9-10-15(21-2)14(17)11-12/h4-11H,3H2,1-2H3,(H,18,20). The van der Waals surface area contributed by atoms with E-state index >= 15 is 0 Å². The third-order valence-corrected chi connectivity index (χ3v) is 3.33. The average molecular weight is 305 g/mol. The first-order valence-electron chi connectivity index (χ1n) is 6.62. The molecule has 0 aliphatic carbocycles. The van der Waals surface area contributed by atoms with E-state index in [4.69, 9.17) is 16.3 Å². The van der Waals surface area contributed by atoms with Gasteiger partial charge in [0.25, 0.3) is 0 Å². The Hall–Kier alpha value is -2.20. The molecule has 0 bridgehead atoms. The number of carbonyl (C=O) groups is 1. The Morgan fingerprint density at radius 2 is 1.95 bits per heavy atom. The Morgan fingerprint density at radius 3 is 2.52 bits per heavy atom. The van der Waals surface area contributed by atoms with Gasteiger partial charge in [-0.05, 0) is 37.3 Å². The number of halogens is 1. The normalized spacial score (nSPS) is 10.0. The van der Waals surface area contributed by atoms with Gasteiger partial charge in [0.05, 0.1) is 12.1 Å². The van der Waals surface area contributed by atoms with Crippen molar-refractivity contribution in [1.29, 1.82) is 0 Å². The number of benzene rings is 2. The monoisotopic (exact) mass is 304 g/mol. The maximum Gasteiger partial charge on any atom is 0.326 e. The summed E-state index contributed by atoms with van der Waals surface area (Å²) >= 11 is 6.05. The first kappa shape index (κ1) is 15.2. The van der Waals surface area contributed by atoms with E-state index in [1.165, 1.54) is 0 Å². The van der Waals surface area contributed by atoms with E-state index in [2.05, 4.69) is 5.32 Å². The molecule has 0 aromatic heterocycles. The van der Waals surface area contributed by atoms with Gasteiger partial charge in [-0.3, -0.25) is 4.90 Å². The van der Waals surface area contributed by atoms with Crippen molar-refractivity contribution in [3.8, 4) is 5.75 Å². The van der Waals surface area contributed by atoms with Crippen LogP contribution in [0.15, 0.2) is 48.5 Å². The van der Waals surface area contributed by atoms with Gasteiger partial charge in [-0.15, -0.1) is 0 Å². The molecule has 5 heteroatoms. The second-order valence-corrected chi connectivity index (χ2v) is 4.77. The van der Waals surface area contributed by atoms with E-state index < -0.39 is 0 Å². The zero-order chi connectivity index (χ0) is 15.2. The molecule has 0 heterocycles. The molecule has 0 saturated heterocycles. The van der Waals surface area contributed by atoms with Crippen LogP contribution in [0.3, 0.4) is 0 Å². The highest BCUT2D eigenvalue weighted by atomic mass is 35.5. The smallest absolute Gasteiger partial charge is 0.326 e. The highest BCUT2D eigenvalue weighted by Crippen LogP contribution is 2.27. The fraction of sp³-hybridized carbons (Fsp3) is 0.188. The van der Waals surface area contributed by atoms with Crippen LogP contribution in [0.1, 0.15) is 6.92 Å². The summed E-state index contributed by atoms with van der Waals surface area (Å²) in [7, 11) is 1.55. The molecule has 0 spiro atoms. The van der Waals surface area contributed by atoms with Gasteiger partial charge in [0.15, 0.2) is 0 Å². The zero-order valence-corrected chi connectivity index (χ0v) is 12.7. The number of nitrogens with one attached hydrogen (secondary N) is 1. The van der Waals surface area contributed by atoms with Gasteiger partial charge in [0.2, 0.25) is 0 Å². The molecule has 0 saturated carbocycles. The highest BCUT2D eigenvalue weighted by Gasteiger charge is 2.14. The van der Waals surface area contributed by atoms with Crippen LogP contribution >= 0.6 is 11.6 Å². The van der Waals surface area contributed by atoms with Crippen LogP contribution in [-0.4, -0.2) is 19.7 Å². The minimum atomic E-state index is -0.204. The topological polar surface area (TPSA) is 41.6 Å². The molecule has 21 heavy (non-hydrogen) atoms. The number of ether oxygens (including phenoxy) is 1. The summed E-state index contributed by atoms with van der Waals surface area (Å²) in [5.74, 6) is 0.574. The predicted molar refractivity (Wildman–Crippen MR) is 86.5 cm³/mol. The number of nitrogens with zero attached hydrogens (tertiary/aromatic N) is 1. The molecule has 4 nitrogen and oxygen atoms in total. The molecule has 0 radical (unpaired) electrons. The van der Waals surface area contributed by atoms with Crippen molar-refractivity contribution in [2.24, 2.45) is 0 Å². The van der Waals surface area contributed by atoms with Crippen molar-refractivity contribution >= 4 is 29.0 Å². The number of anilines is 2. The molecule has 2 rings (SSSR count). The summed E-state index contributed by atoms with van der Waals surface area (Å²) in [6.45, 7) is 2.49. The number of hydrogen-bond acceptors (Lipinski definition) is 2. The van der Waals surface area contributed by atoms with Gasteiger partial charge in [-0.1, -0.05) is 29.8 Å². The summed E-state index contributed by atoms with van der Waals surface area (Å²) in [6, 6.07) is 14.4. The quantitative estimate of drug-likeness (QED) is 0.909. The molecule has 2 aromatic carbocycles. The summed E-state index contributed by atoms with van der Waals surface area (Å²) in [6.07, 6.45) is 0. The number of carbonyl (C=O) groups excluding carboxylic acids is 1. The van der Waals surface area contributed by atoms with Gasteiger partial charge < -0.3 is 10.1 Å². The number of rotatable bonds is 4. The van der Waals surface area contributed by atoms with Crippen molar-refractivity contribution in [3.63, 3.8) is 0 Å². The van der Waals surface area contributed by atoms with Gasteiger partial charge in [0.1, 0.15) is 5.75 Å². The Bertz CT molecular complexity index is 617. The van der Waals surface area contributed by atoms with Gasteiger partial charge in [-0.2, -0.15) is 0 Å². The minimum absolute atomic E-state index is 0.204. The second-order valence-electron chi connectivity index (χ2n) is 4.36. The molecule has 0 atom stereocenters. The third-order valence-electron chi connectivity index (χ3n) is 3.03. The molecule has 2 amide bonds. The number of urea groups is 1. The SMILES string of the molecule is CCN(C(=O)Nc1ccc(OC)c(Cl)c1)c1ccccc1. The van der Waals surface area contributed by atoms with Crippen molar-refractivity contribution in [1.82, 2.24) is 0 Å². The summed E-state index contributed by atoms with van der Waals surface area (Å²) in [4.78, 5) is 14.0. The van der Waals surface area contributed by atoms with Crippen molar-refractivity contribution < 1.29 is 9.53 Å². The fourth-order valence-electron chi connectivity index (χ4n) is 1.99. The second kappa shape index (κ2) is 6.99. The first-order chi connectivity index (χ1) is 10.2. The van der Waals surface area contributed by atoms with E-state index in [1.54, 1.807) is 30.2 Å². The molecular weight excluding hydrogens is 288 g/mol. The maximum absolute atomic E-state index is 12.4. The predicted octanol–water partition coefficient (Wildman–Crippen LogP) is 4.41. The Morgan fingerprint density at radius 1 is 1.24 bits per heavy atom. The van der Waals surface area contributed by atoms with Crippen LogP contribution in [0.25, 0.3) is 0 Å². The molecular formula is C16H17ClN2O2. The molecule has 0 unspecified atom stereocenters. The number of methoxy groups -OCH3 is 1. The lowest BCUT2D eigenvalue weighted by Gasteiger charge is -2.21. The van der Waals surface area contributed by atoms with Gasteiger partial charge in [0, 0.05) is 17.9 Å². The minimum Gasteiger partial charge on any atom is -0.495 e. The first-order valence-corrected chi connectivity index (χ1v) is 7.00. The summed E-state index contributed by atoms with van der Waals surface area (Å²) in [5, 5.41) is 3.29. The van der Waals surface area contributed by atoms with E-state index in [0.717, 1.165) is 5.69 Å². The molecule has 0 aliphatic rings. The lowest BCUT2D eigenvalue weighted by Crippen LogP contribution is -2.34. The van der Waals surface area contributed by atoms with Crippen molar-refractivity contribution in [2.75, 3.05) is 23.9 Å². The molecule has 2 aromatic rings. The van der Waals surface area contributed by atoms with Crippen molar-refractivity contribution in [3.05, 3.63) is 53.6 Å². The lowest BCUT2D eigenvalue weighted by atomic mass is 10.3. The van der Waals surface area contributed by atoms with Crippen LogP contribution in [0.5, 0.6) is 5.75 Å². The van der Waals surface area contributed by atoms with E-state index in [1.807, 2.05) is 37.3 Å². The lowest BCUT2D eigenvalue weighted by molar-refractivity contribution is 0.257. The van der Waals surface area contributed by atoms with E-state index in [9.17, 15) is 4.79 Å². The van der Waals surface area contributed by atoms with Crippen LogP contribution in [0.2, 0.25) is 5.02 Å². The van der Waals surface area contributed by atoms with Crippen LogP contribution in [-0.2, 0) is 0 Å². The fourth-order valence-corrected chi connectivity index (χ4v) is 2.24. The Balaban J connectivity index is 2.15. The molecule has 110 valence electrons. The molecule has 0 fully saturated rings. The molecule has 0 aliphatic heterocycles. The average Bonchev–Trinajstić information content (AvgIpc) is 2.49. The molecule has 1 N–H and O–H groups in total. The zero-order valence-electron chi connectivity index (χ0n) is 12.0. The van der Waals surface area contributed by atoms with Gasteiger partial charge in [-0.25, -0.2) is 4.79 Å². The maximum atomic E-state index is 12.4. The summed E-state index contributed by atoms with van der Waals surface area (Å²) in [5.41, 5.74) is 1.47. The Labute approximate surface area is 129 Å². The number of para-hydroxylation sites is 1. The third kappa shape index (κ3) is 3.67. The van der Waals surface area contributed by atoms with Crippen molar-refractivity contribution in [2.45, 2.75) is 6.92 Å². The Kier molecular flexibility index (Phi) is 5.06. The van der Waals surface area contributed by atoms with E-state index in [-0.39, 0.29) is 6.03 Å². The highest BCUT2D eigenvalue weighted by molar-refractivity contribution is 6.32.